The van der Waals surface area contributed by atoms with Gasteiger partial charge in [0, 0.05) is 9.90 Å². The maximum atomic E-state index is 6.27. The molecule has 1 unspecified atom stereocenters. The summed E-state index contributed by atoms with van der Waals surface area (Å²) in [4.78, 5) is 1.24. The average Bonchev–Trinajstić information content (AvgIpc) is 2.74. The maximum Gasteiger partial charge on any atom is 0.0961 e. The second-order valence-corrected chi connectivity index (χ2v) is 7.04. The van der Waals surface area contributed by atoms with Gasteiger partial charge >= 0.3 is 0 Å². The molecule has 2 aromatic rings. The summed E-state index contributed by atoms with van der Waals surface area (Å²) in [6, 6.07) is 8.40. The lowest BCUT2D eigenvalue weighted by Gasteiger charge is -2.20. The van der Waals surface area contributed by atoms with Gasteiger partial charge in [-0.3, -0.25) is 0 Å². The van der Waals surface area contributed by atoms with Crippen LogP contribution in [0.5, 0.6) is 0 Å². The number of rotatable bonds is 5. The van der Waals surface area contributed by atoms with Crippen LogP contribution < -0.4 is 5.32 Å². The largest absolute Gasteiger partial charge is 0.306 e. The van der Waals surface area contributed by atoms with Gasteiger partial charge in [-0.1, -0.05) is 42.3 Å². The summed E-state index contributed by atoms with van der Waals surface area (Å²) in [5.41, 5.74) is 3.49. The Kier molecular flexibility index (Phi) is 5.50. The number of aryl methyl sites for hydroxylation is 1. The molecule has 1 N–H and O–H groups in total. The summed E-state index contributed by atoms with van der Waals surface area (Å²) >= 11 is 14.1. The lowest BCUT2D eigenvalue weighted by Crippen LogP contribution is -2.23. The third kappa shape index (κ3) is 3.37. The SMILES string of the molecule is CCCNC(c1cc(C)c(Cl)s1)c1cccc(Cl)c1C. The van der Waals surface area contributed by atoms with Crippen LogP contribution in [0.4, 0.5) is 0 Å². The molecule has 1 heterocycles. The van der Waals surface area contributed by atoms with E-state index in [0.717, 1.165) is 33.5 Å². The van der Waals surface area contributed by atoms with Crippen molar-refractivity contribution in [1.29, 1.82) is 0 Å². The Bertz CT molecular complexity index is 573. The van der Waals surface area contributed by atoms with Crippen LogP contribution in [0, 0.1) is 13.8 Å². The molecule has 108 valence electrons. The highest BCUT2D eigenvalue weighted by Crippen LogP contribution is 2.36. The Morgan fingerprint density at radius 2 is 2.00 bits per heavy atom. The summed E-state index contributed by atoms with van der Waals surface area (Å²) < 4.78 is 0.864. The molecule has 0 spiro atoms. The highest BCUT2D eigenvalue weighted by atomic mass is 35.5. The highest BCUT2D eigenvalue weighted by molar-refractivity contribution is 7.16. The van der Waals surface area contributed by atoms with E-state index in [1.165, 1.54) is 10.4 Å². The first-order chi connectivity index (χ1) is 9.54. The summed E-state index contributed by atoms with van der Waals surface area (Å²) in [6.45, 7) is 7.25. The van der Waals surface area contributed by atoms with Gasteiger partial charge in [0.25, 0.3) is 0 Å². The van der Waals surface area contributed by atoms with Crippen LogP contribution in [-0.4, -0.2) is 6.54 Å². The van der Waals surface area contributed by atoms with Gasteiger partial charge in [0.05, 0.1) is 10.4 Å². The molecule has 20 heavy (non-hydrogen) atoms. The van der Waals surface area contributed by atoms with Crippen LogP contribution >= 0.6 is 34.5 Å². The number of hydrogen-bond acceptors (Lipinski definition) is 2. The van der Waals surface area contributed by atoms with Gasteiger partial charge in [0.2, 0.25) is 0 Å². The molecule has 0 aliphatic heterocycles. The van der Waals surface area contributed by atoms with Crippen LogP contribution in [0.25, 0.3) is 0 Å². The molecule has 0 saturated heterocycles. The molecule has 0 radical (unpaired) electrons. The van der Waals surface area contributed by atoms with E-state index in [4.69, 9.17) is 23.2 Å². The Morgan fingerprint density at radius 1 is 1.25 bits per heavy atom. The number of nitrogens with one attached hydrogen (secondary N) is 1. The van der Waals surface area contributed by atoms with Crippen LogP contribution in [0.15, 0.2) is 24.3 Å². The van der Waals surface area contributed by atoms with E-state index >= 15 is 0 Å². The molecule has 0 saturated carbocycles. The van der Waals surface area contributed by atoms with Crippen molar-refractivity contribution in [3.63, 3.8) is 0 Å². The minimum atomic E-state index is 0.157. The van der Waals surface area contributed by atoms with Gasteiger partial charge < -0.3 is 5.32 Å². The minimum Gasteiger partial charge on any atom is -0.306 e. The third-order valence-electron chi connectivity index (χ3n) is 3.38. The van der Waals surface area contributed by atoms with Gasteiger partial charge in [-0.05, 0) is 55.6 Å². The molecule has 0 amide bonds. The quantitative estimate of drug-likeness (QED) is 0.736. The fourth-order valence-electron chi connectivity index (χ4n) is 2.22. The normalized spacial score (nSPS) is 12.7. The number of thiophene rings is 1. The minimum absolute atomic E-state index is 0.157. The second-order valence-electron chi connectivity index (χ2n) is 4.95. The van der Waals surface area contributed by atoms with Crippen LogP contribution in [0.2, 0.25) is 9.36 Å². The molecule has 1 nitrogen and oxygen atoms in total. The summed E-state index contributed by atoms with van der Waals surface area (Å²) in [5, 5.41) is 4.41. The Labute approximate surface area is 134 Å². The number of hydrogen-bond donors (Lipinski definition) is 1. The molecule has 1 aromatic carbocycles. The Hall–Kier alpha value is -0.540. The molecule has 1 aromatic heterocycles. The zero-order valence-electron chi connectivity index (χ0n) is 12.0. The Balaban J connectivity index is 2.44. The lowest BCUT2D eigenvalue weighted by atomic mass is 9.99. The highest BCUT2D eigenvalue weighted by Gasteiger charge is 2.19. The van der Waals surface area contributed by atoms with Crippen molar-refractivity contribution in [1.82, 2.24) is 5.32 Å². The summed E-state index contributed by atoms with van der Waals surface area (Å²) in [6.07, 6.45) is 1.09. The monoisotopic (exact) mass is 327 g/mol. The smallest absolute Gasteiger partial charge is 0.0961 e. The van der Waals surface area contributed by atoms with Gasteiger partial charge in [0.15, 0.2) is 0 Å². The molecular weight excluding hydrogens is 309 g/mol. The van der Waals surface area contributed by atoms with Gasteiger partial charge in [0.1, 0.15) is 0 Å². The van der Waals surface area contributed by atoms with E-state index in [2.05, 4.69) is 31.3 Å². The van der Waals surface area contributed by atoms with Crippen LogP contribution in [-0.2, 0) is 0 Å². The second kappa shape index (κ2) is 6.95. The maximum absolute atomic E-state index is 6.27. The zero-order chi connectivity index (χ0) is 14.7. The van der Waals surface area contributed by atoms with E-state index in [9.17, 15) is 0 Å². The molecular formula is C16H19Cl2NS. The molecule has 0 aliphatic carbocycles. The topological polar surface area (TPSA) is 12.0 Å². The summed E-state index contributed by atoms with van der Waals surface area (Å²) in [5.74, 6) is 0. The molecule has 2 rings (SSSR count). The van der Waals surface area contributed by atoms with Crippen molar-refractivity contribution in [2.75, 3.05) is 6.54 Å². The first kappa shape index (κ1) is 15.8. The fourth-order valence-corrected chi connectivity index (χ4v) is 3.71. The van der Waals surface area contributed by atoms with Crippen molar-refractivity contribution in [3.05, 3.63) is 55.2 Å². The molecule has 0 bridgehead atoms. The molecule has 1 atom stereocenters. The summed E-state index contributed by atoms with van der Waals surface area (Å²) in [7, 11) is 0. The Morgan fingerprint density at radius 3 is 2.60 bits per heavy atom. The van der Waals surface area contributed by atoms with E-state index in [0.29, 0.717) is 0 Å². The van der Waals surface area contributed by atoms with E-state index in [1.807, 2.05) is 19.1 Å². The first-order valence-corrected chi connectivity index (χ1v) is 8.36. The van der Waals surface area contributed by atoms with Gasteiger partial charge in [-0.2, -0.15) is 0 Å². The standard InChI is InChI=1S/C16H19Cl2NS/c1-4-8-19-15(14-9-10(2)16(18)20-14)12-6-5-7-13(17)11(12)3/h5-7,9,15,19H,4,8H2,1-3H3. The van der Waals surface area contributed by atoms with E-state index in [1.54, 1.807) is 11.3 Å². The van der Waals surface area contributed by atoms with Crippen molar-refractivity contribution in [3.8, 4) is 0 Å². The van der Waals surface area contributed by atoms with Crippen LogP contribution in [0.3, 0.4) is 0 Å². The average molecular weight is 328 g/mol. The van der Waals surface area contributed by atoms with Crippen molar-refractivity contribution in [2.45, 2.75) is 33.2 Å². The van der Waals surface area contributed by atoms with Gasteiger partial charge in [-0.15, -0.1) is 11.3 Å². The predicted octanol–water partition coefficient (Wildman–Crippen LogP) is 5.76. The van der Waals surface area contributed by atoms with E-state index in [-0.39, 0.29) is 6.04 Å². The molecule has 4 heteroatoms. The number of halogens is 2. The number of benzene rings is 1. The third-order valence-corrected chi connectivity index (χ3v) is 5.41. The van der Waals surface area contributed by atoms with Crippen molar-refractivity contribution >= 4 is 34.5 Å². The fraction of sp³-hybridized carbons (Fsp3) is 0.375. The molecule has 0 aliphatic rings. The zero-order valence-corrected chi connectivity index (χ0v) is 14.3. The van der Waals surface area contributed by atoms with Gasteiger partial charge in [-0.25, -0.2) is 0 Å². The van der Waals surface area contributed by atoms with Crippen LogP contribution in [0.1, 0.15) is 41.0 Å². The van der Waals surface area contributed by atoms with E-state index < -0.39 is 0 Å². The first-order valence-electron chi connectivity index (χ1n) is 6.78. The predicted molar refractivity (Wildman–Crippen MR) is 90.4 cm³/mol. The van der Waals surface area contributed by atoms with Crippen molar-refractivity contribution in [2.24, 2.45) is 0 Å². The molecule has 0 fully saturated rings. The van der Waals surface area contributed by atoms with Crippen molar-refractivity contribution < 1.29 is 0 Å². The lowest BCUT2D eigenvalue weighted by molar-refractivity contribution is 0.603.